The third kappa shape index (κ3) is 7.45. The van der Waals surface area contributed by atoms with Crippen molar-refractivity contribution >= 4 is 11.8 Å². The molecule has 0 fully saturated rings. The van der Waals surface area contributed by atoms with Gasteiger partial charge in [0.2, 0.25) is 0 Å². The van der Waals surface area contributed by atoms with E-state index < -0.39 is 11.9 Å². The zero-order valence-electron chi connectivity index (χ0n) is 13.4. The number of ketones is 1. The summed E-state index contributed by atoms with van der Waals surface area (Å²) in [5.74, 6) is -1.29. The normalized spacial score (nSPS) is 18.6. The number of rotatable bonds is 11. The Hall–Kier alpha value is -1.12. The molecule has 1 atom stereocenters. The first-order chi connectivity index (χ1) is 10.1. The number of unbranched alkanes of at least 4 members (excludes halogenated alkanes) is 8. The van der Waals surface area contributed by atoms with Crippen molar-refractivity contribution in [3.63, 3.8) is 0 Å². The predicted molar refractivity (Wildman–Crippen MR) is 85.3 cm³/mol. The Morgan fingerprint density at radius 2 is 1.67 bits per heavy atom. The molecule has 120 valence electrons. The van der Waals surface area contributed by atoms with Crippen LogP contribution in [0.5, 0.6) is 0 Å². The van der Waals surface area contributed by atoms with E-state index in [2.05, 4.69) is 6.92 Å². The molecule has 0 radical (unpaired) electrons. The van der Waals surface area contributed by atoms with E-state index in [1.807, 2.05) is 6.08 Å². The lowest BCUT2D eigenvalue weighted by Gasteiger charge is -2.17. The molecule has 0 aromatic rings. The number of hydrogen-bond donors (Lipinski definition) is 1. The highest BCUT2D eigenvalue weighted by molar-refractivity contribution is 5.98. The van der Waals surface area contributed by atoms with Crippen molar-refractivity contribution in [1.29, 1.82) is 0 Å². The average molecular weight is 294 g/mol. The highest BCUT2D eigenvalue weighted by Gasteiger charge is 2.26. The largest absolute Gasteiger partial charge is 0.481 e. The predicted octanol–water partition coefficient (Wildman–Crippen LogP) is 4.90. The van der Waals surface area contributed by atoms with Crippen molar-refractivity contribution in [3.05, 3.63) is 11.6 Å². The molecule has 3 heteroatoms. The molecule has 0 aliphatic heterocycles. The van der Waals surface area contributed by atoms with Gasteiger partial charge in [-0.25, -0.2) is 0 Å². The van der Waals surface area contributed by atoms with Crippen molar-refractivity contribution in [2.45, 2.75) is 84.0 Å². The molecule has 0 aromatic carbocycles. The molecule has 21 heavy (non-hydrogen) atoms. The van der Waals surface area contributed by atoms with Crippen molar-refractivity contribution in [2.75, 3.05) is 0 Å². The van der Waals surface area contributed by atoms with E-state index >= 15 is 0 Å². The summed E-state index contributed by atoms with van der Waals surface area (Å²) in [6.45, 7) is 2.24. The zero-order chi connectivity index (χ0) is 15.5. The number of Topliss-reactive ketones (excluding diaryl/α,β-unsaturated/α-hetero) is 1. The van der Waals surface area contributed by atoms with Gasteiger partial charge in [0.25, 0.3) is 0 Å². The van der Waals surface area contributed by atoms with Crippen LogP contribution in [0.4, 0.5) is 0 Å². The summed E-state index contributed by atoms with van der Waals surface area (Å²) in [5, 5.41) is 8.91. The minimum absolute atomic E-state index is 0.0493. The van der Waals surface area contributed by atoms with Gasteiger partial charge in [0.1, 0.15) is 0 Å². The van der Waals surface area contributed by atoms with Crippen LogP contribution in [0, 0.1) is 5.92 Å². The summed E-state index contributed by atoms with van der Waals surface area (Å²) in [5.41, 5.74) is 0.871. The minimum atomic E-state index is -0.846. The Labute approximate surface area is 128 Å². The van der Waals surface area contributed by atoms with E-state index in [1.165, 1.54) is 51.4 Å². The molecule has 1 unspecified atom stereocenters. The number of carbonyl (C=O) groups is 2. The van der Waals surface area contributed by atoms with Gasteiger partial charge in [-0.1, -0.05) is 64.4 Å². The van der Waals surface area contributed by atoms with Gasteiger partial charge >= 0.3 is 5.97 Å². The summed E-state index contributed by atoms with van der Waals surface area (Å²) in [6, 6.07) is 0. The van der Waals surface area contributed by atoms with Crippen molar-refractivity contribution in [1.82, 2.24) is 0 Å². The van der Waals surface area contributed by atoms with Crippen LogP contribution in [-0.4, -0.2) is 16.9 Å². The molecular weight excluding hydrogens is 264 g/mol. The van der Waals surface area contributed by atoms with Crippen LogP contribution in [0.2, 0.25) is 0 Å². The van der Waals surface area contributed by atoms with Gasteiger partial charge in [-0.05, 0) is 24.8 Å². The molecule has 1 N–H and O–H groups in total. The van der Waals surface area contributed by atoms with Gasteiger partial charge in [0, 0.05) is 6.42 Å². The number of carboxylic acid groups (broad SMARTS) is 1. The number of aliphatic carboxylic acids is 1. The third-order valence-electron chi connectivity index (χ3n) is 4.34. The molecule has 0 saturated heterocycles. The van der Waals surface area contributed by atoms with Crippen LogP contribution in [0.25, 0.3) is 0 Å². The number of hydrogen-bond acceptors (Lipinski definition) is 2. The Balaban J connectivity index is 2.05. The van der Waals surface area contributed by atoms with Crippen LogP contribution in [0.3, 0.4) is 0 Å². The van der Waals surface area contributed by atoms with Crippen molar-refractivity contribution in [2.24, 2.45) is 5.92 Å². The molecule has 1 rings (SSSR count). The van der Waals surface area contributed by atoms with Gasteiger partial charge in [-0.3, -0.25) is 9.59 Å². The second-order valence-electron chi connectivity index (χ2n) is 6.21. The summed E-state index contributed by atoms with van der Waals surface area (Å²) >= 11 is 0. The monoisotopic (exact) mass is 294 g/mol. The van der Waals surface area contributed by atoms with E-state index in [9.17, 15) is 9.59 Å². The van der Waals surface area contributed by atoms with E-state index in [-0.39, 0.29) is 12.2 Å². The fraction of sp³-hybridized carbons (Fsp3) is 0.778. The van der Waals surface area contributed by atoms with Gasteiger partial charge < -0.3 is 5.11 Å². The summed E-state index contributed by atoms with van der Waals surface area (Å²) in [6.07, 6.45) is 14.9. The molecule has 0 aromatic heterocycles. The Morgan fingerprint density at radius 3 is 2.19 bits per heavy atom. The van der Waals surface area contributed by atoms with E-state index in [0.29, 0.717) is 6.42 Å². The second-order valence-corrected chi connectivity index (χ2v) is 6.21. The zero-order valence-corrected chi connectivity index (χ0v) is 13.4. The van der Waals surface area contributed by atoms with Crippen LogP contribution in [0.15, 0.2) is 11.6 Å². The number of carboxylic acids is 1. The maximum Gasteiger partial charge on any atom is 0.307 e. The standard InChI is InChI=1S/C18H30O3/c1-2-3-4-5-6-7-8-9-10-11-15-12-13-16(18(20)21)14-17(15)19/h12,16H,2-11,13-14H2,1H3,(H,20,21). The first-order valence-electron chi connectivity index (χ1n) is 8.60. The van der Waals surface area contributed by atoms with Gasteiger partial charge in [-0.2, -0.15) is 0 Å². The number of allylic oxidation sites excluding steroid dienone is 2. The maximum absolute atomic E-state index is 11.8. The third-order valence-corrected chi connectivity index (χ3v) is 4.34. The first-order valence-corrected chi connectivity index (χ1v) is 8.60. The maximum atomic E-state index is 11.8. The van der Waals surface area contributed by atoms with Crippen molar-refractivity contribution in [3.8, 4) is 0 Å². The highest BCUT2D eigenvalue weighted by Crippen LogP contribution is 2.24. The average Bonchev–Trinajstić information content (AvgIpc) is 2.46. The lowest BCUT2D eigenvalue weighted by atomic mass is 9.86. The SMILES string of the molecule is CCCCCCCCCCCC1=CCC(C(=O)O)CC1=O. The van der Waals surface area contributed by atoms with E-state index in [1.54, 1.807) is 0 Å². The Morgan fingerprint density at radius 1 is 1.10 bits per heavy atom. The van der Waals surface area contributed by atoms with Crippen LogP contribution >= 0.6 is 0 Å². The minimum Gasteiger partial charge on any atom is -0.481 e. The van der Waals surface area contributed by atoms with E-state index in [0.717, 1.165) is 18.4 Å². The van der Waals surface area contributed by atoms with Crippen LogP contribution < -0.4 is 0 Å². The second kappa shape index (κ2) is 10.6. The summed E-state index contributed by atoms with van der Waals surface area (Å²) < 4.78 is 0. The fourth-order valence-electron chi connectivity index (χ4n) is 2.89. The highest BCUT2D eigenvalue weighted by atomic mass is 16.4. The van der Waals surface area contributed by atoms with E-state index in [4.69, 9.17) is 5.11 Å². The quantitative estimate of drug-likeness (QED) is 0.551. The molecule has 3 nitrogen and oxygen atoms in total. The van der Waals surface area contributed by atoms with Gasteiger partial charge in [0.05, 0.1) is 5.92 Å². The molecule has 0 saturated carbocycles. The fourth-order valence-corrected chi connectivity index (χ4v) is 2.89. The molecule has 0 bridgehead atoms. The molecule has 0 amide bonds. The number of carbonyl (C=O) groups excluding carboxylic acids is 1. The molecule has 0 spiro atoms. The van der Waals surface area contributed by atoms with Gasteiger partial charge in [0.15, 0.2) is 5.78 Å². The lowest BCUT2D eigenvalue weighted by Crippen LogP contribution is -2.22. The topological polar surface area (TPSA) is 54.4 Å². The van der Waals surface area contributed by atoms with Crippen LogP contribution in [0.1, 0.15) is 84.0 Å². The Kier molecular flexibility index (Phi) is 9.04. The molecule has 0 heterocycles. The molecule has 1 aliphatic rings. The van der Waals surface area contributed by atoms with Gasteiger partial charge in [-0.15, -0.1) is 0 Å². The molecule has 1 aliphatic carbocycles. The Bertz CT molecular complexity index is 357. The summed E-state index contributed by atoms with van der Waals surface area (Å²) in [7, 11) is 0. The summed E-state index contributed by atoms with van der Waals surface area (Å²) in [4.78, 5) is 22.7. The molecular formula is C18H30O3. The van der Waals surface area contributed by atoms with Crippen molar-refractivity contribution < 1.29 is 14.7 Å². The smallest absolute Gasteiger partial charge is 0.307 e. The van der Waals surface area contributed by atoms with Crippen LogP contribution in [-0.2, 0) is 9.59 Å². The first kappa shape index (κ1) is 17.9. The lowest BCUT2D eigenvalue weighted by molar-refractivity contribution is -0.143.